The second-order valence-electron chi connectivity index (χ2n) is 7.26. The monoisotopic (exact) mass is 396 g/mol. The number of ether oxygens (including phenoxy) is 1. The van der Waals surface area contributed by atoms with Crippen LogP contribution >= 0.6 is 0 Å². The van der Waals surface area contributed by atoms with Gasteiger partial charge in [0.15, 0.2) is 6.61 Å². The second-order valence-corrected chi connectivity index (χ2v) is 7.26. The molecule has 0 aliphatic heterocycles. The van der Waals surface area contributed by atoms with Gasteiger partial charge in [0.05, 0.1) is 0 Å². The molecular formula is C24H32N2O3. The number of hydrogen-bond donors (Lipinski definition) is 1. The Morgan fingerprint density at radius 3 is 2.34 bits per heavy atom. The average molecular weight is 397 g/mol. The molecule has 0 aromatic heterocycles. The first-order valence-electron chi connectivity index (χ1n) is 10.3. The lowest BCUT2D eigenvalue weighted by Gasteiger charge is -2.31. The number of carbonyl (C=O) groups excluding carboxylic acids is 2. The summed E-state index contributed by atoms with van der Waals surface area (Å²) in [5, 5.41) is 2.93. The SMILES string of the molecule is CCCNC(=O)C(CC)N(Cc1ccccc1C)C(=O)COc1ccc(C)cc1. The van der Waals surface area contributed by atoms with E-state index in [-0.39, 0.29) is 18.4 Å². The number of aryl methyl sites for hydroxylation is 2. The number of rotatable bonds is 10. The molecule has 2 aromatic rings. The van der Waals surface area contributed by atoms with Crippen molar-refractivity contribution in [3.63, 3.8) is 0 Å². The van der Waals surface area contributed by atoms with Crippen LogP contribution < -0.4 is 10.1 Å². The predicted octanol–water partition coefficient (Wildman–Crippen LogP) is 4.02. The molecule has 5 nitrogen and oxygen atoms in total. The van der Waals surface area contributed by atoms with Gasteiger partial charge in [-0.05, 0) is 49.9 Å². The third-order valence-electron chi connectivity index (χ3n) is 4.92. The minimum absolute atomic E-state index is 0.105. The van der Waals surface area contributed by atoms with E-state index >= 15 is 0 Å². The molecule has 0 radical (unpaired) electrons. The second kappa shape index (κ2) is 11.2. The Morgan fingerprint density at radius 2 is 1.72 bits per heavy atom. The van der Waals surface area contributed by atoms with E-state index in [1.807, 2.05) is 76.2 Å². The summed E-state index contributed by atoms with van der Waals surface area (Å²) in [6.07, 6.45) is 1.39. The first kappa shape index (κ1) is 22.5. The highest BCUT2D eigenvalue weighted by molar-refractivity contribution is 5.88. The Labute approximate surface area is 174 Å². The van der Waals surface area contributed by atoms with E-state index in [4.69, 9.17) is 4.74 Å². The fourth-order valence-corrected chi connectivity index (χ4v) is 3.12. The van der Waals surface area contributed by atoms with Crippen molar-refractivity contribution in [3.05, 3.63) is 65.2 Å². The lowest BCUT2D eigenvalue weighted by atomic mass is 10.1. The number of hydrogen-bond acceptors (Lipinski definition) is 3. The van der Waals surface area contributed by atoms with Crippen molar-refractivity contribution in [3.8, 4) is 5.75 Å². The zero-order valence-electron chi connectivity index (χ0n) is 17.9. The van der Waals surface area contributed by atoms with Crippen molar-refractivity contribution < 1.29 is 14.3 Å². The Balaban J connectivity index is 2.19. The standard InChI is InChI=1S/C24H32N2O3/c1-5-15-25-24(28)22(6-2)26(16-20-10-8-7-9-19(20)4)23(27)17-29-21-13-11-18(3)12-14-21/h7-14,22H,5-6,15-17H2,1-4H3,(H,25,28). The summed E-state index contributed by atoms with van der Waals surface area (Å²) in [6.45, 7) is 8.81. The maximum atomic E-state index is 13.1. The van der Waals surface area contributed by atoms with Crippen LogP contribution in [-0.2, 0) is 16.1 Å². The Morgan fingerprint density at radius 1 is 1.03 bits per heavy atom. The van der Waals surface area contributed by atoms with Crippen LogP contribution in [0.2, 0.25) is 0 Å². The van der Waals surface area contributed by atoms with Crippen LogP contribution in [0, 0.1) is 13.8 Å². The third-order valence-corrected chi connectivity index (χ3v) is 4.92. The Bertz CT molecular complexity index is 802. The molecule has 0 aliphatic carbocycles. The van der Waals surface area contributed by atoms with Crippen molar-refractivity contribution >= 4 is 11.8 Å². The number of benzene rings is 2. The smallest absolute Gasteiger partial charge is 0.261 e. The molecule has 1 atom stereocenters. The van der Waals surface area contributed by atoms with Gasteiger partial charge >= 0.3 is 0 Å². The van der Waals surface area contributed by atoms with Gasteiger partial charge in [-0.25, -0.2) is 0 Å². The summed E-state index contributed by atoms with van der Waals surface area (Å²) in [5.41, 5.74) is 3.25. The maximum absolute atomic E-state index is 13.1. The first-order chi connectivity index (χ1) is 14.0. The first-order valence-corrected chi connectivity index (χ1v) is 10.3. The summed E-state index contributed by atoms with van der Waals surface area (Å²) in [7, 11) is 0. The molecule has 0 spiro atoms. The summed E-state index contributed by atoms with van der Waals surface area (Å²) >= 11 is 0. The molecule has 0 aliphatic rings. The van der Waals surface area contributed by atoms with Crippen molar-refractivity contribution in [2.24, 2.45) is 0 Å². The quantitative estimate of drug-likeness (QED) is 0.660. The van der Waals surface area contributed by atoms with E-state index in [0.29, 0.717) is 25.3 Å². The van der Waals surface area contributed by atoms with Gasteiger partial charge in [-0.15, -0.1) is 0 Å². The summed E-state index contributed by atoms with van der Waals surface area (Å²) < 4.78 is 5.70. The normalized spacial score (nSPS) is 11.6. The average Bonchev–Trinajstić information content (AvgIpc) is 2.72. The largest absolute Gasteiger partial charge is 0.484 e. The third kappa shape index (κ3) is 6.63. The molecule has 1 N–H and O–H groups in total. The van der Waals surface area contributed by atoms with Gasteiger partial charge in [-0.2, -0.15) is 0 Å². The van der Waals surface area contributed by atoms with Crippen LogP contribution in [0.25, 0.3) is 0 Å². The number of amides is 2. The number of nitrogens with one attached hydrogen (secondary N) is 1. The maximum Gasteiger partial charge on any atom is 0.261 e. The minimum atomic E-state index is -0.532. The van der Waals surface area contributed by atoms with E-state index in [1.54, 1.807) is 4.90 Å². The van der Waals surface area contributed by atoms with Crippen molar-refractivity contribution in [2.45, 2.75) is 53.1 Å². The van der Waals surface area contributed by atoms with Gasteiger partial charge in [0.25, 0.3) is 5.91 Å². The highest BCUT2D eigenvalue weighted by Crippen LogP contribution is 2.17. The molecule has 0 fully saturated rings. The van der Waals surface area contributed by atoms with Crippen LogP contribution in [0.5, 0.6) is 5.75 Å². The van der Waals surface area contributed by atoms with E-state index in [0.717, 1.165) is 23.1 Å². The van der Waals surface area contributed by atoms with Crippen molar-refractivity contribution in [1.82, 2.24) is 10.2 Å². The molecule has 156 valence electrons. The van der Waals surface area contributed by atoms with Crippen LogP contribution in [0.15, 0.2) is 48.5 Å². The van der Waals surface area contributed by atoms with Crippen molar-refractivity contribution in [2.75, 3.05) is 13.2 Å². The van der Waals surface area contributed by atoms with E-state index in [2.05, 4.69) is 5.32 Å². The van der Waals surface area contributed by atoms with Gasteiger partial charge in [-0.1, -0.05) is 55.8 Å². The van der Waals surface area contributed by atoms with E-state index in [1.165, 1.54) is 0 Å². The van der Waals surface area contributed by atoms with Crippen LogP contribution in [0.3, 0.4) is 0 Å². The molecule has 2 rings (SSSR count). The molecule has 2 aromatic carbocycles. The molecule has 0 heterocycles. The fraction of sp³-hybridized carbons (Fsp3) is 0.417. The zero-order valence-corrected chi connectivity index (χ0v) is 17.9. The van der Waals surface area contributed by atoms with Gasteiger partial charge < -0.3 is 15.0 Å². The summed E-state index contributed by atoms with van der Waals surface area (Å²) in [6, 6.07) is 15.0. The predicted molar refractivity (Wildman–Crippen MR) is 116 cm³/mol. The summed E-state index contributed by atoms with van der Waals surface area (Å²) in [5.74, 6) is 0.322. The fourth-order valence-electron chi connectivity index (χ4n) is 3.12. The van der Waals surface area contributed by atoms with Crippen LogP contribution in [-0.4, -0.2) is 35.9 Å². The van der Waals surface area contributed by atoms with Crippen molar-refractivity contribution in [1.29, 1.82) is 0 Å². The summed E-state index contributed by atoms with van der Waals surface area (Å²) in [4.78, 5) is 27.5. The van der Waals surface area contributed by atoms with E-state index < -0.39 is 6.04 Å². The highest BCUT2D eigenvalue weighted by atomic mass is 16.5. The lowest BCUT2D eigenvalue weighted by molar-refractivity contribution is -0.143. The van der Waals surface area contributed by atoms with Crippen LogP contribution in [0.4, 0.5) is 0 Å². The van der Waals surface area contributed by atoms with E-state index in [9.17, 15) is 9.59 Å². The highest BCUT2D eigenvalue weighted by Gasteiger charge is 2.29. The molecule has 0 saturated heterocycles. The zero-order chi connectivity index (χ0) is 21.2. The molecule has 5 heteroatoms. The molecular weight excluding hydrogens is 364 g/mol. The topological polar surface area (TPSA) is 58.6 Å². The number of carbonyl (C=O) groups is 2. The molecule has 0 saturated carbocycles. The van der Waals surface area contributed by atoms with Gasteiger partial charge in [0.1, 0.15) is 11.8 Å². The Kier molecular flexibility index (Phi) is 8.71. The van der Waals surface area contributed by atoms with Crippen LogP contribution in [0.1, 0.15) is 43.4 Å². The van der Waals surface area contributed by atoms with Gasteiger partial charge in [0, 0.05) is 13.1 Å². The number of nitrogens with zero attached hydrogens (tertiary/aromatic N) is 1. The lowest BCUT2D eigenvalue weighted by Crippen LogP contribution is -2.50. The molecule has 0 bridgehead atoms. The molecule has 2 amide bonds. The molecule has 1 unspecified atom stereocenters. The minimum Gasteiger partial charge on any atom is -0.484 e. The van der Waals surface area contributed by atoms with Gasteiger partial charge in [0.2, 0.25) is 5.91 Å². The Hall–Kier alpha value is -2.82. The van der Waals surface area contributed by atoms with Gasteiger partial charge in [-0.3, -0.25) is 9.59 Å². The molecule has 29 heavy (non-hydrogen) atoms.